The number of rotatable bonds is 6. The summed E-state index contributed by atoms with van der Waals surface area (Å²) in [6, 6.07) is 16.4. The SMILES string of the molecule is C1=CC(CN(Cc2nc3ccccc3[nH]2)Cc2nc3ccccc3[nH]2)CC1. The highest BCUT2D eigenvalue weighted by molar-refractivity contribution is 5.75. The number of benzene rings is 2. The predicted octanol–water partition coefficient (Wildman–Crippen LogP) is 4.41. The van der Waals surface area contributed by atoms with Gasteiger partial charge in [0.1, 0.15) is 11.6 Å². The van der Waals surface area contributed by atoms with Gasteiger partial charge < -0.3 is 9.97 Å². The molecular formula is C22H23N5. The summed E-state index contributed by atoms with van der Waals surface area (Å²) in [5.74, 6) is 2.63. The van der Waals surface area contributed by atoms with Crippen molar-refractivity contribution in [2.45, 2.75) is 25.9 Å². The first kappa shape index (κ1) is 16.3. The fourth-order valence-corrected chi connectivity index (χ4v) is 3.95. The van der Waals surface area contributed by atoms with Gasteiger partial charge in [0.2, 0.25) is 0 Å². The third kappa shape index (κ3) is 3.51. The Morgan fingerprint density at radius 1 is 0.852 bits per heavy atom. The van der Waals surface area contributed by atoms with E-state index >= 15 is 0 Å². The zero-order valence-corrected chi connectivity index (χ0v) is 15.2. The van der Waals surface area contributed by atoms with Crippen LogP contribution in [0.4, 0.5) is 0 Å². The number of fused-ring (bicyclic) bond motifs is 2. The minimum absolute atomic E-state index is 0.610. The van der Waals surface area contributed by atoms with Crippen LogP contribution < -0.4 is 0 Å². The number of nitrogens with zero attached hydrogens (tertiary/aromatic N) is 3. The number of nitrogens with one attached hydrogen (secondary N) is 2. The molecule has 1 unspecified atom stereocenters. The Bertz CT molecular complexity index is 948. The maximum atomic E-state index is 4.77. The molecule has 2 aromatic heterocycles. The summed E-state index contributed by atoms with van der Waals surface area (Å²) < 4.78 is 0. The van der Waals surface area contributed by atoms with E-state index in [1.165, 1.54) is 12.8 Å². The number of allylic oxidation sites excluding steroid dienone is 1. The highest BCUT2D eigenvalue weighted by Crippen LogP contribution is 2.21. The first-order valence-electron chi connectivity index (χ1n) is 9.60. The molecular weight excluding hydrogens is 334 g/mol. The van der Waals surface area contributed by atoms with Gasteiger partial charge in [0, 0.05) is 6.54 Å². The summed E-state index contributed by atoms with van der Waals surface area (Å²) in [5, 5.41) is 0. The molecule has 0 radical (unpaired) electrons. The Hall–Kier alpha value is -2.92. The minimum Gasteiger partial charge on any atom is -0.341 e. The van der Waals surface area contributed by atoms with Crippen LogP contribution >= 0.6 is 0 Å². The topological polar surface area (TPSA) is 60.6 Å². The van der Waals surface area contributed by atoms with Gasteiger partial charge in [0.15, 0.2) is 0 Å². The second kappa shape index (κ2) is 7.00. The van der Waals surface area contributed by atoms with E-state index < -0.39 is 0 Å². The van der Waals surface area contributed by atoms with E-state index in [0.29, 0.717) is 5.92 Å². The van der Waals surface area contributed by atoms with E-state index in [4.69, 9.17) is 9.97 Å². The molecule has 1 aliphatic carbocycles. The molecule has 5 nitrogen and oxygen atoms in total. The fraction of sp³-hybridized carbons (Fsp3) is 0.273. The molecule has 2 heterocycles. The molecule has 2 N–H and O–H groups in total. The van der Waals surface area contributed by atoms with Crippen LogP contribution in [0.25, 0.3) is 22.1 Å². The van der Waals surface area contributed by atoms with Crippen LogP contribution in [-0.4, -0.2) is 31.4 Å². The van der Waals surface area contributed by atoms with E-state index in [-0.39, 0.29) is 0 Å². The second-order valence-corrected chi connectivity index (χ2v) is 7.34. The Morgan fingerprint density at radius 3 is 1.96 bits per heavy atom. The van der Waals surface area contributed by atoms with Crippen molar-refractivity contribution in [1.82, 2.24) is 24.8 Å². The third-order valence-corrected chi connectivity index (χ3v) is 5.23. The molecule has 0 saturated heterocycles. The Morgan fingerprint density at radius 2 is 1.44 bits per heavy atom. The highest BCUT2D eigenvalue weighted by Gasteiger charge is 2.18. The zero-order chi connectivity index (χ0) is 18.1. The van der Waals surface area contributed by atoms with Crippen molar-refractivity contribution < 1.29 is 0 Å². The molecule has 4 aromatic rings. The van der Waals surface area contributed by atoms with Gasteiger partial charge in [-0.05, 0) is 43.0 Å². The summed E-state index contributed by atoms with van der Waals surface area (Å²) in [6.07, 6.45) is 7.07. The van der Waals surface area contributed by atoms with E-state index in [2.05, 4.69) is 51.3 Å². The van der Waals surface area contributed by atoms with Crippen molar-refractivity contribution in [2.75, 3.05) is 6.54 Å². The van der Waals surface area contributed by atoms with Crippen LogP contribution in [0.1, 0.15) is 24.5 Å². The standard InChI is InChI=1S/C22H23N5/c1-2-8-16(7-1)13-27(14-21-23-17-9-3-4-10-18(17)24-21)15-22-25-19-11-5-6-12-20(19)26-22/h1,3-7,9-12,16H,2,8,13-15H2,(H,23,24)(H,25,26). The second-order valence-electron chi connectivity index (χ2n) is 7.34. The monoisotopic (exact) mass is 357 g/mol. The summed E-state index contributed by atoms with van der Waals surface area (Å²) in [7, 11) is 0. The van der Waals surface area contributed by atoms with E-state index in [1.807, 2.05) is 24.3 Å². The fourth-order valence-electron chi connectivity index (χ4n) is 3.95. The van der Waals surface area contributed by atoms with Gasteiger partial charge in [0.25, 0.3) is 0 Å². The summed E-state index contributed by atoms with van der Waals surface area (Å²) >= 11 is 0. The number of H-pyrrole nitrogens is 2. The number of para-hydroxylation sites is 4. The maximum absolute atomic E-state index is 4.77. The van der Waals surface area contributed by atoms with Crippen LogP contribution in [0.2, 0.25) is 0 Å². The summed E-state index contributed by atoms with van der Waals surface area (Å²) in [5.41, 5.74) is 4.24. The molecule has 136 valence electrons. The van der Waals surface area contributed by atoms with Crippen LogP contribution in [0, 0.1) is 5.92 Å². The molecule has 0 aliphatic heterocycles. The molecule has 0 saturated carbocycles. The van der Waals surface area contributed by atoms with Gasteiger partial charge in [-0.15, -0.1) is 0 Å². The van der Waals surface area contributed by atoms with Crippen molar-refractivity contribution in [2.24, 2.45) is 5.92 Å². The van der Waals surface area contributed by atoms with E-state index in [0.717, 1.165) is 53.3 Å². The summed E-state index contributed by atoms with van der Waals surface area (Å²) in [6.45, 7) is 2.59. The quantitative estimate of drug-likeness (QED) is 0.503. The van der Waals surface area contributed by atoms with Crippen molar-refractivity contribution in [3.8, 4) is 0 Å². The van der Waals surface area contributed by atoms with Crippen molar-refractivity contribution >= 4 is 22.1 Å². The normalized spacial score (nSPS) is 16.9. The number of hydrogen-bond acceptors (Lipinski definition) is 3. The van der Waals surface area contributed by atoms with Crippen molar-refractivity contribution in [1.29, 1.82) is 0 Å². The van der Waals surface area contributed by atoms with Crippen molar-refractivity contribution in [3.63, 3.8) is 0 Å². The molecule has 0 bridgehead atoms. The lowest BCUT2D eigenvalue weighted by Crippen LogP contribution is -2.28. The molecule has 27 heavy (non-hydrogen) atoms. The van der Waals surface area contributed by atoms with Crippen LogP contribution in [0.15, 0.2) is 60.7 Å². The molecule has 0 fully saturated rings. The predicted molar refractivity (Wildman–Crippen MR) is 108 cm³/mol. The first-order chi connectivity index (χ1) is 13.3. The van der Waals surface area contributed by atoms with Gasteiger partial charge in [-0.1, -0.05) is 36.4 Å². The van der Waals surface area contributed by atoms with E-state index in [9.17, 15) is 0 Å². The highest BCUT2D eigenvalue weighted by atomic mass is 15.2. The Balaban J connectivity index is 1.39. The lowest BCUT2D eigenvalue weighted by molar-refractivity contribution is 0.221. The minimum atomic E-state index is 0.610. The number of hydrogen-bond donors (Lipinski definition) is 2. The maximum Gasteiger partial charge on any atom is 0.121 e. The third-order valence-electron chi connectivity index (χ3n) is 5.23. The number of imidazole rings is 2. The van der Waals surface area contributed by atoms with Crippen LogP contribution in [-0.2, 0) is 13.1 Å². The molecule has 5 heteroatoms. The molecule has 0 amide bonds. The Kier molecular flexibility index (Phi) is 4.22. The zero-order valence-electron chi connectivity index (χ0n) is 15.2. The molecule has 0 spiro atoms. The molecule has 1 aliphatic rings. The lowest BCUT2D eigenvalue weighted by Gasteiger charge is -2.23. The van der Waals surface area contributed by atoms with Gasteiger partial charge in [0.05, 0.1) is 35.2 Å². The van der Waals surface area contributed by atoms with Gasteiger partial charge >= 0.3 is 0 Å². The van der Waals surface area contributed by atoms with Gasteiger partial charge in [-0.2, -0.15) is 0 Å². The first-order valence-corrected chi connectivity index (χ1v) is 9.60. The summed E-state index contributed by atoms with van der Waals surface area (Å²) in [4.78, 5) is 18.9. The van der Waals surface area contributed by atoms with Crippen LogP contribution in [0.5, 0.6) is 0 Å². The molecule has 5 rings (SSSR count). The molecule has 2 aromatic carbocycles. The average molecular weight is 357 g/mol. The largest absolute Gasteiger partial charge is 0.341 e. The Labute approximate surface area is 158 Å². The van der Waals surface area contributed by atoms with Crippen molar-refractivity contribution in [3.05, 3.63) is 72.3 Å². The number of aromatic nitrogens is 4. The smallest absolute Gasteiger partial charge is 0.121 e. The van der Waals surface area contributed by atoms with Gasteiger partial charge in [-0.3, -0.25) is 4.90 Å². The van der Waals surface area contributed by atoms with Crippen LogP contribution in [0.3, 0.4) is 0 Å². The number of aromatic amines is 2. The van der Waals surface area contributed by atoms with Gasteiger partial charge in [-0.25, -0.2) is 9.97 Å². The van der Waals surface area contributed by atoms with E-state index in [1.54, 1.807) is 0 Å². The lowest BCUT2D eigenvalue weighted by atomic mass is 10.1. The molecule has 1 atom stereocenters. The average Bonchev–Trinajstić information content (AvgIpc) is 3.40.